The molecule has 0 radical (unpaired) electrons. The van der Waals surface area contributed by atoms with E-state index >= 15 is 0 Å². The molecule has 1 heterocycles. The molecule has 1 atom stereocenters. The number of halogens is 2. The lowest BCUT2D eigenvalue weighted by Crippen LogP contribution is -2.20. The molecule has 0 spiro atoms. The second-order valence-electron chi connectivity index (χ2n) is 3.90. The van der Waals surface area contributed by atoms with Crippen molar-refractivity contribution in [3.05, 3.63) is 16.1 Å². The van der Waals surface area contributed by atoms with Gasteiger partial charge in [-0.1, -0.05) is 23.2 Å². The highest BCUT2D eigenvalue weighted by molar-refractivity contribution is 6.35. The highest BCUT2D eigenvalue weighted by Crippen LogP contribution is 2.34. The van der Waals surface area contributed by atoms with Crippen LogP contribution in [-0.4, -0.2) is 27.8 Å². The van der Waals surface area contributed by atoms with Gasteiger partial charge in [0, 0.05) is 0 Å². The molecule has 1 N–H and O–H groups in total. The van der Waals surface area contributed by atoms with Gasteiger partial charge in [0.05, 0.1) is 6.10 Å². The molecule has 0 aliphatic heterocycles. The fourth-order valence-corrected chi connectivity index (χ4v) is 1.98. The Hall–Kier alpha value is -0.580. The van der Waals surface area contributed by atoms with Gasteiger partial charge >= 0.3 is 0 Å². The first-order chi connectivity index (χ1) is 7.58. The number of aliphatic hydroxyl groups excluding tert-OH is 1. The first-order valence-corrected chi connectivity index (χ1v) is 5.84. The number of ether oxygens (including phenoxy) is 1. The number of hydrogen-bond acceptors (Lipinski definition) is 4. The summed E-state index contributed by atoms with van der Waals surface area (Å²) >= 11 is 11.7. The summed E-state index contributed by atoms with van der Waals surface area (Å²) in [4.78, 5) is 7.87. The molecule has 4 nitrogen and oxygen atoms in total. The summed E-state index contributed by atoms with van der Waals surface area (Å²) in [7, 11) is 0. The van der Waals surface area contributed by atoms with E-state index < -0.39 is 6.10 Å². The van der Waals surface area contributed by atoms with Crippen molar-refractivity contribution in [2.45, 2.75) is 25.9 Å². The van der Waals surface area contributed by atoms with Gasteiger partial charge in [-0.05, 0) is 25.7 Å². The Labute approximate surface area is 104 Å². The Morgan fingerprint density at radius 1 is 1.38 bits per heavy atom. The quantitative estimate of drug-likeness (QED) is 0.846. The Morgan fingerprint density at radius 2 is 1.94 bits per heavy atom. The number of aryl methyl sites for hydroxylation is 1. The van der Waals surface area contributed by atoms with Gasteiger partial charge in [0.15, 0.2) is 16.1 Å². The van der Waals surface area contributed by atoms with Gasteiger partial charge in [0.2, 0.25) is 0 Å². The van der Waals surface area contributed by atoms with Gasteiger partial charge < -0.3 is 9.84 Å². The van der Waals surface area contributed by atoms with E-state index in [1.54, 1.807) is 6.92 Å². The summed E-state index contributed by atoms with van der Waals surface area (Å²) in [6.07, 6.45) is 1.64. The van der Waals surface area contributed by atoms with Crippen LogP contribution in [0.5, 0.6) is 5.75 Å². The van der Waals surface area contributed by atoms with Crippen molar-refractivity contribution >= 4 is 23.2 Å². The third kappa shape index (κ3) is 2.75. The smallest absolute Gasteiger partial charge is 0.194 e. The third-order valence-electron chi connectivity index (χ3n) is 2.46. The van der Waals surface area contributed by atoms with Crippen LogP contribution in [0.15, 0.2) is 0 Å². The number of nitrogens with zero attached hydrogens (tertiary/aromatic N) is 2. The molecule has 1 aliphatic rings. The van der Waals surface area contributed by atoms with Crippen molar-refractivity contribution < 1.29 is 9.84 Å². The van der Waals surface area contributed by atoms with Crippen LogP contribution in [0.1, 0.15) is 18.7 Å². The maximum atomic E-state index is 9.63. The normalized spacial score (nSPS) is 17.2. The Morgan fingerprint density at radius 3 is 2.44 bits per heavy atom. The Bertz CT molecular complexity index is 373. The van der Waals surface area contributed by atoms with Crippen LogP contribution >= 0.6 is 23.2 Å². The second-order valence-corrected chi connectivity index (χ2v) is 4.61. The average molecular weight is 263 g/mol. The van der Waals surface area contributed by atoms with E-state index in [9.17, 15) is 5.11 Å². The van der Waals surface area contributed by atoms with Crippen LogP contribution in [0.4, 0.5) is 0 Å². The van der Waals surface area contributed by atoms with Crippen molar-refractivity contribution in [1.29, 1.82) is 0 Å². The molecule has 1 aromatic heterocycles. The van der Waals surface area contributed by atoms with Crippen LogP contribution in [0.2, 0.25) is 10.3 Å². The predicted molar refractivity (Wildman–Crippen MR) is 61.0 cm³/mol. The molecule has 2 rings (SSSR count). The molecule has 1 aromatic rings. The van der Waals surface area contributed by atoms with Gasteiger partial charge in [-0.25, -0.2) is 9.97 Å². The van der Waals surface area contributed by atoms with Crippen molar-refractivity contribution in [2.75, 3.05) is 6.61 Å². The molecule has 0 aromatic carbocycles. The lowest BCUT2D eigenvalue weighted by molar-refractivity contribution is 0.0891. The first-order valence-electron chi connectivity index (χ1n) is 5.08. The predicted octanol–water partition coefficient (Wildman–Crippen LogP) is 2.24. The van der Waals surface area contributed by atoms with Crippen molar-refractivity contribution in [3.8, 4) is 5.75 Å². The molecule has 0 saturated heterocycles. The molecular weight excluding hydrogens is 251 g/mol. The molecule has 1 unspecified atom stereocenters. The molecule has 1 aliphatic carbocycles. The van der Waals surface area contributed by atoms with Crippen LogP contribution in [0.25, 0.3) is 0 Å². The Kier molecular flexibility index (Phi) is 3.52. The van der Waals surface area contributed by atoms with Gasteiger partial charge in [0.25, 0.3) is 0 Å². The van der Waals surface area contributed by atoms with Gasteiger partial charge in [-0.2, -0.15) is 0 Å². The summed E-state index contributed by atoms with van der Waals surface area (Å²) in [6.45, 7) is 1.87. The molecule has 1 fully saturated rings. The molecule has 1 saturated carbocycles. The second kappa shape index (κ2) is 4.73. The fourth-order valence-electron chi connectivity index (χ4n) is 1.40. The van der Waals surface area contributed by atoms with Gasteiger partial charge in [-0.15, -0.1) is 0 Å². The zero-order valence-electron chi connectivity index (χ0n) is 8.78. The number of rotatable bonds is 4. The Balaban J connectivity index is 2.02. The minimum atomic E-state index is -0.464. The van der Waals surface area contributed by atoms with E-state index in [2.05, 4.69) is 9.97 Å². The maximum Gasteiger partial charge on any atom is 0.194 e. The van der Waals surface area contributed by atoms with E-state index in [-0.39, 0.29) is 22.7 Å². The van der Waals surface area contributed by atoms with Crippen molar-refractivity contribution in [2.24, 2.45) is 5.92 Å². The van der Waals surface area contributed by atoms with Gasteiger partial charge in [-0.3, -0.25) is 0 Å². The molecule has 16 heavy (non-hydrogen) atoms. The minimum Gasteiger partial charge on any atom is -0.485 e. The molecule has 0 bridgehead atoms. The van der Waals surface area contributed by atoms with E-state index in [0.717, 1.165) is 12.8 Å². The summed E-state index contributed by atoms with van der Waals surface area (Å²) in [5.74, 6) is 1.09. The largest absolute Gasteiger partial charge is 0.485 e. The van der Waals surface area contributed by atoms with Gasteiger partial charge in [0.1, 0.15) is 12.4 Å². The summed E-state index contributed by atoms with van der Waals surface area (Å²) in [5, 5.41) is 10.00. The topological polar surface area (TPSA) is 55.2 Å². The SMILES string of the molecule is Cc1nc(Cl)c(OCC(O)C2CC2)c(Cl)n1. The average Bonchev–Trinajstić information content (AvgIpc) is 2.98. The lowest BCUT2D eigenvalue weighted by Gasteiger charge is -2.12. The van der Waals surface area contributed by atoms with Crippen LogP contribution in [0, 0.1) is 12.8 Å². The summed E-state index contributed by atoms with van der Waals surface area (Å²) in [6, 6.07) is 0. The van der Waals surface area contributed by atoms with Crippen molar-refractivity contribution in [1.82, 2.24) is 9.97 Å². The van der Waals surface area contributed by atoms with E-state index in [1.165, 1.54) is 0 Å². The zero-order chi connectivity index (χ0) is 11.7. The molecule has 6 heteroatoms. The van der Waals surface area contributed by atoms with Crippen molar-refractivity contribution in [3.63, 3.8) is 0 Å². The first kappa shape index (κ1) is 11.9. The highest BCUT2D eigenvalue weighted by atomic mass is 35.5. The number of aliphatic hydroxyl groups is 1. The monoisotopic (exact) mass is 262 g/mol. The highest BCUT2D eigenvalue weighted by Gasteiger charge is 2.30. The number of aromatic nitrogens is 2. The van der Waals surface area contributed by atoms with E-state index in [1.807, 2.05) is 0 Å². The minimum absolute atomic E-state index is 0.177. The standard InChI is InChI=1S/C10H12Cl2N2O2/c1-5-13-9(11)8(10(12)14-5)16-4-7(15)6-2-3-6/h6-7,15H,2-4H2,1H3. The third-order valence-corrected chi connectivity index (χ3v) is 2.97. The maximum absolute atomic E-state index is 9.63. The van der Waals surface area contributed by atoms with Crippen LogP contribution < -0.4 is 4.74 Å². The van der Waals surface area contributed by atoms with Crippen LogP contribution in [0.3, 0.4) is 0 Å². The lowest BCUT2D eigenvalue weighted by atomic mass is 10.2. The molecule has 88 valence electrons. The number of hydrogen-bond donors (Lipinski definition) is 1. The summed E-state index contributed by atoms with van der Waals surface area (Å²) < 4.78 is 5.35. The fraction of sp³-hybridized carbons (Fsp3) is 0.600. The molecule has 0 amide bonds. The zero-order valence-corrected chi connectivity index (χ0v) is 10.3. The van der Waals surface area contributed by atoms with E-state index in [4.69, 9.17) is 27.9 Å². The summed E-state index contributed by atoms with van der Waals surface area (Å²) in [5.41, 5.74) is 0. The van der Waals surface area contributed by atoms with E-state index in [0.29, 0.717) is 11.7 Å². The van der Waals surface area contributed by atoms with Crippen LogP contribution in [-0.2, 0) is 0 Å². The molecular formula is C10H12Cl2N2O2.